The van der Waals surface area contributed by atoms with Crippen molar-refractivity contribution in [3.63, 3.8) is 0 Å². The fraction of sp³-hybridized carbons (Fsp3) is 0.500. The van der Waals surface area contributed by atoms with Crippen molar-refractivity contribution in [2.24, 2.45) is 5.92 Å². The summed E-state index contributed by atoms with van der Waals surface area (Å²) in [5.41, 5.74) is 1.11. The molecule has 1 fully saturated rings. The van der Waals surface area contributed by atoms with Gasteiger partial charge in [-0.25, -0.2) is 0 Å². The molecule has 1 amide bonds. The molecule has 1 heterocycles. The van der Waals surface area contributed by atoms with Crippen LogP contribution in [0.5, 0.6) is 0 Å². The number of nitrogens with zero attached hydrogens (tertiary/aromatic N) is 1. The molecule has 2 unspecified atom stereocenters. The van der Waals surface area contributed by atoms with Gasteiger partial charge in [0.2, 0.25) is 5.91 Å². The number of hydrogen-bond acceptors (Lipinski definition) is 2. The minimum absolute atomic E-state index is 0. The second-order valence-corrected chi connectivity index (χ2v) is 5.30. The molecule has 19 heavy (non-hydrogen) atoms. The van der Waals surface area contributed by atoms with Gasteiger partial charge in [-0.05, 0) is 37.6 Å². The third kappa shape index (κ3) is 3.85. The molecule has 0 saturated carbocycles. The van der Waals surface area contributed by atoms with Gasteiger partial charge in [0.25, 0.3) is 0 Å². The van der Waals surface area contributed by atoms with Gasteiger partial charge >= 0.3 is 0 Å². The Hall–Kier alpha value is -0.770. The zero-order valence-corrected chi connectivity index (χ0v) is 12.8. The van der Waals surface area contributed by atoms with Gasteiger partial charge in [0, 0.05) is 18.6 Å². The third-order valence-corrected chi connectivity index (χ3v) is 3.94. The van der Waals surface area contributed by atoms with E-state index in [1.54, 1.807) is 0 Å². The van der Waals surface area contributed by atoms with E-state index >= 15 is 0 Å². The summed E-state index contributed by atoms with van der Waals surface area (Å²) < 4.78 is 0. The molecule has 1 N–H and O–H groups in total. The predicted octanol–water partition coefficient (Wildman–Crippen LogP) is 2.89. The highest BCUT2D eigenvalue weighted by Crippen LogP contribution is 2.23. The standard InChI is InChI=1S/C14H19ClN2O.ClH/c1-10(11-3-5-13(15)6-4-11)17(2)14(18)12-7-8-16-9-12;/h3-6,10,12,16H,7-9H2,1-2H3;1H. The van der Waals surface area contributed by atoms with Gasteiger partial charge in [0.05, 0.1) is 12.0 Å². The van der Waals surface area contributed by atoms with Crippen LogP contribution in [0, 0.1) is 5.92 Å². The van der Waals surface area contributed by atoms with Crippen LogP contribution in [0.15, 0.2) is 24.3 Å². The highest BCUT2D eigenvalue weighted by atomic mass is 35.5. The SMILES string of the molecule is CC(c1ccc(Cl)cc1)N(C)C(=O)C1CCNC1.Cl. The van der Waals surface area contributed by atoms with Crippen molar-refractivity contribution in [2.75, 3.05) is 20.1 Å². The molecule has 1 aliphatic rings. The van der Waals surface area contributed by atoms with Crippen molar-refractivity contribution in [1.82, 2.24) is 10.2 Å². The molecule has 5 heteroatoms. The van der Waals surface area contributed by atoms with Crippen LogP contribution in [-0.4, -0.2) is 30.9 Å². The van der Waals surface area contributed by atoms with E-state index in [1.807, 2.05) is 43.1 Å². The Kier molecular flexibility index (Phi) is 6.11. The number of hydrogen-bond donors (Lipinski definition) is 1. The number of halogens is 2. The lowest BCUT2D eigenvalue weighted by molar-refractivity contribution is -0.135. The van der Waals surface area contributed by atoms with Gasteiger partial charge in [-0.3, -0.25) is 4.79 Å². The Labute approximate surface area is 125 Å². The van der Waals surface area contributed by atoms with Gasteiger partial charge in [-0.2, -0.15) is 0 Å². The van der Waals surface area contributed by atoms with E-state index in [2.05, 4.69) is 5.32 Å². The highest BCUT2D eigenvalue weighted by molar-refractivity contribution is 6.30. The molecule has 2 atom stereocenters. The van der Waals surface area contributed by atoms with E-state index in [-0.39, 0.29) is 30.3 Å². The van der Waals surface area contributed by atoms with Gasteiger partial charge in [0.15, 0.2) is 0 Å². The summed E-state index contributed by atoms with van der Waals surface area (Å²) in [7, 11) is 1.87. The molecule has 0 aromatic heterocycles. The normalized spacial score (nSPS) is 19.6. The number of carbonyl (C=O) groups is 1. The first-order valence-corrected chi connectivity index (χ1v) is 6.70. The quantitative estimate of drug-likeness (QED) is 0.931. The van der Waals surface area contributed by atoms with Crippen LogP contribution in [0.2, 0.25) is 5.02 Å². The molecular formula is C14H20Cl2N2O. The fourth-order valence-corrected chi connectivity index (χ4v) is 2.44. The number of nitrogens with one attached hydrogen (secondary N) is 1. The van der Waals surface area contributed by atoms with Gasteiger partial charge in [0.1, 0.15) is 0 Å². The lowest BCUT2D eigenvalue weighted by Crippen LogP contribution is -2.35. The largest absolute Gasteiger partial charge is 0.339 e. The smallest absolute Gasteiger partial charge is 0.227 e. The van der Waals surface area contributed by atoms with Crippen molar-refractivity contribution in [3.05, 3.63) is 34.9 Å². The third-order valence-electron chi connectivity index (χ3n) is 3.69. The van der Waals surface area contributed by atoms with E-state index in [1.165, 1.54) is 0 Å². The number of rotatable bonds is 3. The molecular weight excluding hydrogens is 283 g/mol. The van der Waals surface area contributed by atoms with Crippen LogP contribution in [0.25, 0.3) is 0 Å². The summed E-state index contributed by atoms with van der Waals surface area (Å²) in [5, 5.41) is 3.95. The molecule has 2 rings (SSSR count). The average molecular weight is 303 g/mol. The topological polar surface area (TPSA) is 32.3 Å². The monoisotopic (exact) mass is 302 g/mol. The molecule has 1 aliphatic heterocycles. The van der Waals surface area contributed by atoms with Crippen molar-refractivity contribution in [3.8, 4) is 0 Å². The van der Waals surface area contributed by atoms with E-state index in [0.717, 1.165) is 30.1 Å². The number of carbonyl (C=O) groups excluding carboxylic acids is 1. The number of amides is 1. The van der Waals surface area contributed by atoms with Crippen LogP contribution in [-0.2, 0) is 4.79 Å². The Morgan fingerprint density at radius 2 is 2.05 bits per heavy atom. The molecule has 0 spiro atoms. The molecule has 1 aromatic carbocycles. The molecule has 0 aliphatic carbocycles. The van der Waals surface area contributed by atoms with Crippen molar-refractivity contribution < 1.29 is 4.79 Å². The Bertz CT molecular complexity index is 416. The second kappa shape index (κ2) is 7.13. The number of benzene rings is 1. The van der Waals surface area contributed by atoms with Crippen molar-refractivity contribution in [1.29, 1.82) is 0 Å². The van der Waals surface area contributed by atoms with Crippen molar-refractivity contribution in [2.45, 2.75) is 19.4 Å². The summed E-state index contributed by atoms with van der Waals surface area (Å²) in [6.45, 7) is 3.79. The fourth-order valence-electron chi connectivity index (χ4n) is 2.31. The van der Waals surface area contributed by atoms with E-state index in [9.17, 15) is 4.79 Å². The molecule has 0 bridgehead atoms. The maximum absolute atomic E-state index is 12.3. The zero-order valence-electron chi connectivity index (χ0n) is 11.2. The molecule has 1 aromatic rings. The summed E-state index contributed by atoms with van der Waals surface area (Å²) in [6, 6.07) is 7.76. The zero-order chi connectivity index (χ0) is 13.1. The van der Waals surface area contributed by atoms with Crippen LogP contribution < -0.4 is 5.32 Å². The van der Waals surface area contributed by atoms with E-state index in [0.29, 0.717) is 0 Å². The first kappa shape index (κ1) is 16.3. The Balaban J connectivity index is 0.00000180. The summed E-state index contributed by atoms with van der Waals surface area (Å²) >= 11 is 5.87. The van der Waals surface area contributed by atoms with Gasteiger partial charge in [-0.15, -0.1) is 12.4 Å². The summed E-state index contributed by atoms with van der Waals surface area (Å²) in [6.07, 6.45) is 0.941. The summed E-state index contributed by atoms with van der Waals surface area (Å²) in [4.78, 5) is 14.1. The van der Waals surface area contributed by atoms with Gasteiger partial charge < -0.3 is 10.2 Å². The predicted molar refractivity (Wildman–Crippen MR) is 80.9 cm³/mol. The van der Waals surface area contributed by atoms with Crippen LogP contribution in [0.4, 0.5) is 0 Å². The Morgan fingerprint density at radius 3 is 2.58 bits per heavy atom. The van der Waals surface area contributed by atoms with Gasteiger partial charge in [-0.1, -0.05) is 23.7 Å². The molecule has 0 radical (unpaired) electrons. The summed E-state index contributed by atoms with van der Waals surface area (Å²) in [5.74, 6) is 0.354. The first-order chi connectivity index (χ1) is 8.59. The average Bonchev–Trinajstić information content (AvgIpc) is 2.91. The maximum atomic E-state index is 12.3. The second-order valence-electron chi connectivity index (χ2n) is 4.87. The maximum Gasteiger partial charge on any atom is 0.227 e. The molecule has 1 saturated heterocycles. The van der Waals surface area contributed by atoms with Crippen LogP contribution in [0.3, 0.4) is 0 Å². The van der Waals surface area contributed by atoms with Crippen LogP contribution in [0.1, 0.15) is 24.9 Å². The van der Waals surface area contributed by atoms with E-state index < -0.39 is 0 Å². The van der Waals surface area contributed by atoms with E-state index in [4.69, 9.17) is 11.6 Å². The minimum Gasteiger partial charge on any atom is -0.339 e. The van der Waals surface area contributed by atoms with Crippen LogP contribution >= 0.6 is 24.0 Å². The van der Waals surface area contributed by atoms with Crippen molar-refractivity contribution >= 4 is 29.9 Å². The first-order valence-electron chi connectivity index (χ1n) is 6.32. The highest BCUT2D eigenvalue weighted by Gasteiger charge is 2.27. The lowest BCUT2D eigenvalue weighted by atomic mass is 10.0. The minimum atomic E-state index is 0. The molecule has 106 valence electrons. The Morgan fingerprint density at radius 1 is 1.42 bits per heavy atom. The lowest BCUT2D eigenvalue weighted by Gasteiger charge is -2.27. The molecule has 3 nitrogen and oxygen atoms in total.